The topological polar surface area (TPSA) is 121 Å². The molecule has 0 atom stereocenters. The Bertz CT molecular complexity index is 985. The smallest absolute Gasteiger partial charge is 0.328 e. The summed E-state index contributed by atoms with van der Waals surface area (Å²) >= 11 is 0. The van der Waals surface area contributed by atoms with Gasteiger partial charge >= 0.3 is 5.69 Å². The number of H-pyrrole nitrogens is 1. The van der Waals surface area contributed by atoms with Crippen molar-refractivity contribution in [2.45, 2.75) is 26.3 Å². The molecule has 0 unspecified atom stereocenters. The summed E-state index contributed by atoms with van der Waals surface area (Å²) in [4.78, 5) is 51.9. The van der Waals surface area contributed by atoms with Gasteiger partial charge in [-0.2, -0.15) is 0 Å². The van der Waals surface area contributed by atoms with Crippen LogP contribution in [-0.2, 0) is 18.4 Å². The SMILES string of the molecule is Cc1cn(CCC(=O)Nc2cc(C(=O)NCCCN(C)C)n(C)c2)c(=O)[nH]c1=O. The van der Waals surface area contributed by atoms with Crippen LogP contribution in [0.5, 0.6) is 0 Å². The van der Waals surface area contributed by atoms with Crippen LogP contribution in [0.25, 0.3) is 0 Å². The van der Waals surface area contributed by atoms with Gasteiger partial charge < -0.3 is 20.1 Å². The molecule has 0 aliphatic heterocycles. The number of carbonyl (C=O) groups excluding carboxylic acids is 2. The van der Waals surface area contributed by atoms with Gasteiger partial charge in [0.1, 0.15) is 5.69 Å². The third-order valence-corrected chi connectivity index (χ3v) is 4.36. The van der Waals surface area contributed by atoms with Gasteiger partial charge in [0, 0.05) is 44.5 Å². The molecule has 0 aromatic carbocycles. The van der Waals surface area contributed by atoms with Crippen molar-refractivity contribution in [3.05, 3.63) is 50.6 Å². The molecule has 10 heteroatoms. The Morgan fingerprint density at radius 3 is 2.62 bits per heavy atom. The van der Waals surface area contributed by atoms with E-state index in [9.17, 15) is 19.2 Å². The number of nitrogens with zero attached hydrogens (tertiary/aromatic N) is 3. The molecule has 2 amide bonds. The molecule has 2 heterocycles. The maximum Gasteiger partial charge on any atom is 0.328 e. The lowest BCUT2D eigenvalue weighted by atomic mass is 10.3. The van der Waals surface area contributed by atoms with Crippen molar-refractivity contribution in [2.24, 2.45) is 7.05 Å². The number of aromatic amines is 1. The van der Waals surface area contributed by atoms with E-state index in [1.807, 2.05) is 19.0 Å². The Balaban J connectivity index is 1.90. The Morgan fingerprint density at radius 1 is 1.21 bits per heavy atom. The highest BCUT2D eigenvalue weighted by Crippen LogP contribution is 2.13. The van der Waals surface area contributed by atoms with Crippen LogP contribution in [0.2, 0.25) is 0 Å². The number of aromatic nitrogens is 3. The lowest BCUT2D eigenvalue weighted by molar-refractivity contribution is -0.116. The van der Waals surface area contributed by atoms with Crippen molar-refractivity contribution in [3.63, 3.8) is 0 Å². The molecule has 0 fully saturated rings. The van der Waals surface area contributed by atoms with Crippen LogP contribution in [-0.4, -0.2) is 58.0 Å². The molecule has 0 saturated carbocycles. The summed E-state index contributed by atoms with van der Waals surface area (Å²) in [6.45, 7) is 3.17. The van der Waals surface area contributed by atoms with Crippen molar-refractivity contribution in [1.29, 1.82) is 0 Å². The van der Waals surface area contributed by atoms with Crippen LogP contribution in [0.15, 0.2) is 28.0 Å². The molecule has 10 nitrogen and oxygen atoms in total. The number of rotatable bonds is 9. The third kappa shape index (κ3) is 6.46. The second kappa shape index (κ2) is 9.87. The first kappa shape index (κ1) is 22.2. The third-order valence-electron chi connectivity index (χ3n) is 4.36. The van der Waals surface area contributed by atoms with Gasteiger partial charge in [0.15, 0.2) is 0 Å². The number of nitrogens with one attached hydrogen (secondary N) is 3. The summed E-state index contributed by atoms with van der Waals surface area (Å²) in [6, 6.07) is 1.61. The van der Waals surface area contributed by atoms with Crippen molar-refractivity contribution >= 4 is 17.5 Å². The molecular formula is C19H28N6O4. The van der Waals surface area contributed by atoms with Gasteiger partial charge in [0.05, 0.1) is 5.69 Å². The second-order valence-electron chi connectivity index (χ2n) is 7.20. The van der Waals surface area contributed by atoms with E-state index in [1.165, 1.54) is 10.8 Å². The lowest BCUT2D eigenvalue weighted by Gasteiger charge is -2.10. The first-order valence-corrected chi connectivity index (χ1v) is 9.37. The average Bonchev–Trinajstić information content (AvgIpc) is 3.00. The van der Waals surface area contributed by atoms with Crippen molar-refractivity contribution in [2.75, 3.05) is 32.5 Å². The standard InChI is InChI=1S/C19H28N6O4/c1-13-11-25(19(29)22-17(13)27)9-6-16(26)21-14-10-15(24(4)12-14)18(28)20-7-5-8-23(2)3/h10-12H,5-9H2,1-4H3,(H,20,28)(H,21,26)(H,22,27,29). The van der Waals surface area contributed by atoms with Crippen LogP contribution in [0, 0.1) is 6.92 Å². The first-order valence-electron chi connectivity index (χ1n) is 9.37. The Hall–Kier alpha value is -3.14. The summed E-state index contributed by atoms with van der Waals surface area (Å²) in [5, 5.41) is 5.58. The van der Waals surface area contributed by atoms with Gasteiger partial charge in [-0.3, -0.25) is 23.9 Å². The first-order chi connectivity index (χ1) is 13.7. The van der Waals surface area contributed by atoms with Gasteiger partial charge in [0.25, 0.3) is 11.5 Å². The molecule has 3 N–H and O–H groups in total. The summed E-state index contributed by atoms with van der Waals surface area (Å²) in [7, 11) is 5.68. The van der Waals surface area contributed by atoms with Crippen LogP contribution >= 0.6 is 0 Å². The number of amides is 2. The number of hydrogen-bond acceptors (Lipinski definition) is 5. The number of hydrogen-bond donors (Lipinski definition) is 3. The van der Waals surface area contributed by atoms with Crippen LogP contribution in [0.3, 0.4) is 0 Å². The molecule has 2 aromatic heterocycles. The predicted octanol–water partition coefficient (Wildman–Crippen LogP) is -0.106. The maximum atomic E-state index is 12.3. The summed E-state index contributed by atoms with van der Waals surface area (Å²) in [6.07, 6.45) is 3.97. The van der Waals surface area contributed by atoms with Gasteiger partial charge in [-0.05, 0) is 40.1 Å². The number of aryl methyl sites for hydroxylation is 3. The van der Waals surface area contributed by atoms with E-state index < -0.39 is 11.2 Å². The fourth-order valence-electron chi connectivity index (χ4n) is 2.78. The normalized spacial score (nSPS) is 10.9. The molecule has 0 aliphatic rings. The van der Waals surface area contributed by atoms with E-state index in [0.717, 1.165) is 13.0 Å². The molecular weight excluding hydrogens is 376 g/mol. The minimum Gasteiger partial charge on any atom is -0.351 e. The van der Waals surface area contributed by atoms with Crippen molar-refractivity contribution in [3.8, 4) is 0 Å². The summed E-state index contributed by atoms with van der Waals surface area (Å²) in [5.41, 5.74) is 0.349. The Morgan fingerprint density at radius 2 is 1.93 bits per heavy atom. The van der Waals surface area contributed by atoms with Gasteiger partial charge in [-0.15, -0.1) is 0 Å². The highest BCUT2D eigenvalue weighted by Gasteiger charge is 2.13. The number of carbonyl (C=O) groups is 2. The minimum atomic E-state index is -0.554. The highest BCUT2D eigenvalue weighted by molar-refractivity contribution is 5.96. The van der Waals surface area contributed by atoms with Crippen LogP contribution in [0.1, 0.15) is 28.9 Å². The average molecular weight is 404 g/mol. The summed E-state index contributed by atoms with van der Waals surface area (Å²) < 4.78 is 2.93. The fourth-order valence-corrected chi connectivity index (χ4v) is 2.78. The lowest BCUT2D eigenvalue weighted by Crippen LogP contribution is -2.31. The van der Waals surface area contributed by atoms with Crippen LogP contribution in [0.4, 0.5) is 5.69 Å². The molecule has 29 heavy (non-hydrogen) atoms. The van der Waals surface area contributed by atoms with Crippen LogP contribution < -0.4 is 21.9 Å². The van der Waals surface area contributed by atoms with Gasteiger partial charge in [0.2, 0.25) is 5.91 Å². The van der Waals surface area contributed by atoms with Gasteiger partial charge in [-0.1, -0.05) is 0 Å². The van der Waals surface area contributed by atoms with Crippen molar-refractivity contribution in [1.82, 2.24) is 24.3 Å². The maximum absolute atomic E-state index is 12.3. The monoisotopic (exact) mass is 404 g/mol. The summed E-state index contributed by atoms with van der Waals surface area (Å²) in [5.74, 6) is -0.508. The highest BCUT2D eigenvalue weighted by atomic mass is 16.2. The Kier molecular flexibility index (Phi) is 7.54. The minimum absolute atomic E-state index is 0.0480. The predicted molar refractivity (Wildman–Crippen MR) is 110 cm³/mol. The van der Waals surface area contributed by atoms with E-state index >= 15 is 0 Å². The van der Waals surface area contributed by atoms with E-state index in [1.54, 1.807) is 30.8 Å². The molecule has 0 bridgehead atoms. The largest absolute Gasteiger partial charge is 0.351 e. The zero-order valence-electron chi connectivity index (χ0n) is 17.2. The second-order valence-corrected chi connectivity index (χ2v) is 7.20. The van der Waals surface area contributed by atoms with E-state index in [-0.39, 0.29) is 24.8 Å². The Labute approximate surface area is 168 Å². The quantitative estimate of drug-likeness (QED) is 0.504. The molecule has 0 aliphatic carbocycles. The van der Waals surface area contributed by atoms with Gasteiger partial charge in [-0.25, -0.2) is 4.79 Å². The zero-order chi connectivity index (χ0) is 21.6. The molecule has 158 valence electrons. The van der Waals surface area contributed by atoms with Crippen molar-refractivity contribution < 1.29 is 9.59 Å². The fraction of sp³-hybridized carbons (Fsp3) is 0.474. The zero-order valence-corrected chi connectivity index (χ0v) is 17.2. The molecule has 0 radical (unpaired) electrons. The molecule has 0 saturated heterocycles. The van der Waals surface area contributed by atoms with E-state index in [0.29, 0.717) is 23.5 Å². The van der Waals surface area contributed by atoms with E-state index in [2.05, 4.69) is 15.6 Å². The molecule has 0 spiro atoms. The number of anilines is 1. The van der Waals surface area contributed by atoms with E-state index in [4.69, 9.17) is 0 Å². The molecule has 2 rings (SSSR count). The molecule has 2 aromatic rings.